The molecule has 0 bridgehead atoms. The Morgan fingerprint density at radius 3 is 1.27 bits per heavy atom. The first-order valence-electron chi connectivity index (χ1n) is 17.8. The van der Waals surface area contributed by atoms with Crippen molar-refractivity contribution in [3.8, 4) is 11.8 Å². The Bertz CT molecular complexity index is 1780. The van der Waals surface area contributed by atoms with Gasteiger partial charge in [0.1, 0.15) is 24.2 Å². The molecule has 2 heterocycles. The topological polar surface area (TPSA) is 123 Å². The zero-order chi connectivity index (χ0) is 36.5. The second-order valence-electron chi connectivity index (χ2n) is 13.0. The number of likely N-dealkylation sites (N-methyl/N-ethyl adjacent to an activating group) is 2. The molecule has 6 rings (SSSR count). The molecule has 2 fully saturated rings. The highest BCUT2D eigenvalue weighted by molar-refractivity contribution is 5.99. The van der Waals surface area contributed by atoms with Crippen LogP contribution < -0.4 is 21.3 Å². The summed E-state index contributed by atoms with van der Waals surface area (Å²) in [6.07, 6.45) is 2.76. The molecule has 4 atom stereocenters. The SMILES string of the molecule is CNC(C(=O)N1CCC[C@H]1C(=O)Nc1ccc(C#Cc2ccc(NC(=O)[C@@H]3CCCN3C(=O)C(NC)c3ccccc3)cc2)cc1)c1ccccc1. The van der Waals surface area contributed by atoms with Crippen LogP contribution in [0.15, 0.2) is 109 Å². The molecule has 10 nitrogen and oxygen atoms in total. The summed E-state index contributed by atoms with van der Waals surface area (Å²) in [6.45, 7) is 1.08. The summed E-state index contributed by atoms with van der Waals surface area (Å²) in [5, 5.41) is 12.1. The van der Waals surface area contributed by atoms with E-state index in [1.54, 1.807) is 48.2 Å². The van der Waals surface area contributed by atoms with Gasteiger partial charge in [-0.25, -0.2) is 0 Å². The third kappa shape index (κ3) is 8.40. The van der Waals surface area contributed by atoms with Crippen LogP contribution in [0.1, 0.15) is 60.0 Å². The molecule has 4 N–H and O–H groups in total. The van der Waals surface area contributed by atoms with Crippen LogP contribution in [-0.4, -0.2) is 72.7 Å². The summed E-state index contributed by atoms with van der Waals surface area (Å²) in [4.78, 5) is 56.8. The van der Waals surface area contributed by atoms with Crippen LogP contribution in [0.4, 0.5) is 11.4 Å². The molecule has 52 heavy (non-hydrogen) atoms. The smallest absolute Gasteiger partial charge is 0.247 e. The first kappa shape index (κ1) is 36.0. The number of likely N-dealkylation sites (tertiary alicyclic amines) is 2. The summed E-state index contributed by atoms with van der Waals surface area (Å²) in [6, 6.07) is 31.5. The first-order valence-corrected chi connectivity index (χ1v) is 17.8. The van der Waals surface area contributed by atoms with E-state index in [0.717, 1.165) is 35.1 Å². The highest BCUT2D eigenvalue weighted by Crippen LogP contribution is 2.26. The third-order valence-corrected chi connectivity index (χ3v) is 9.67. The minimum absolute atomic E-state index is 0.110. The molecule has 266 valence electrons. The van der Waals surface area contributed by atoms with Gasteiger partial charge in [0.15, 0.2) is 0 Å². The highest BCUT2D eigenvalue weighted by Gasteiger charge is 2.38. The van der Waals surface area contributed by atoms with Gasteiger partial charge in [-0.3, -0.25) is 19.2 Å². The Kier molecular flexibility index (Phi) is 11.8. The molecule has 4 amide bonds. The Morgan fingerprint density at radius 1 is 0.558 bits per heavy atom. The van der Waals surface area contributed by atoms with E-state index in [1.807, 2.05) is 84.9 Å². The number of carbonyl (C=O) groups is 4. The lowest BCUT2D eigenvalue weighted by Crippen LogP contribution is -2.47. The second kappa shape index (κ2) is 17.0. The highest BCUT2D eigenvalue weighted by atomic mass is 16.2. The quantitative estimate of drug-likeness (QED) is 0.176. The van der Waals surface area contributed by atoms with Gasteiger partial charge in [-0.15, -0.1) is 0 Å². The van der Waals surface area contributed by atoms with Crippen molar-refractivity contribution in [3.05, 3.63) is 131 Å². The molecule has 2 aliphatic heterocycles. The van der Waals surface area contributed by atoms with Crippen LogP contribution in [0.5, 0.6) is 0 Å². The third-order valence-electron chi connectivity index (χ3n) is 9.67. The van der Waals surface area contributed by atoms with Gasteiger partial charge in [-0.2, -0.15) is 0 Å². The molecule has 0 saturated carbocycles. The lowest BCUT2D eigenvalue weighted by Gasteiger charge is -2.28. The number of benzene rings is 4. The summed E-state index contributed by atoms with van der Waals surface area (Å²) in [5.74, 6) is 5.66. The molecule has 4 aromatic rings. The van der Waals surface area contributed by atoms with Crippen LogP contribution in [0.3, 0.4) is 0 Å². The van der Waals surface area contributed by atoms with Crippen molar-refractivity contribution < 1.29 is 19.2 Å². The van der Waals surface area contributed by atoms with E-state index in [9.17, 15) is 19.2 Å². The number of hydrogen-bond donors (Lipinski definition) is 4. The van der Waals surface area contributed by atoms with Gasteiger partial charge < -0.3 is 31.1 Å². The van der Waals surface area contributed by atoms with E-state index < -0.39 is 24.2 Å². The van der Waals surface area contributed by atoms with E-state index in [2.05, 4.69) is 33.1 Å². The van der Waals surface area contributed by atoms with Gasteiger partial charge in [0.25, 0.3) is 0 Å². The maximum Gasteiger partial charge on any atom is 0.247 e. The predicted octanol–water partition coefficient (Wildman–Crippen LogP) is 4.87. The number of nitrogens with zero attached hydrogens (tertiary/aromatic N) is 2. The van der Waals surface area contributed by atoms with E-state index in [0.29, 0.717) is 37.3 Å². The second-order valence-corrected chi connectivity index (χ2v) is 13.0. The van der Waals surface area contributed by atoms with Crippen LogP contribution in [-0.2, 0) is 19.2 Å². The zero-order valence-corrected chi connectivity index (χ0v) is 29.5. The van der Waals surface area contributed by atoms with Gasteiger partial charge in [-0.1, -0.05) is 72.5 Å². The maximum absolute atomic E-state index is 13.4. The van der Waals surface area contributed by atoms with E-state index in [1.165, 1.54) is 0 Å². The summed E-state index contributed by atoms with van der Waals surface area (Å²) >= 11 is 0. The molecule has 10 heteroatoms. The molecule has 0 spiro atoms. The van der Waals surface area contributed by atoms with Crippen LogP contribution >= 0.6 is 0 Å². The largest absolute Gasteiger partial charge is 0.329 e. The Balaban J connectivity index is 1.02. The fraction of sp³-hybridized carbons (Fsp3) is 0.286. The van der Waals surface area contributed by atoms with Crippen molar-refractivity contribution in [1.29, 1.82) is 0 Å². The van der Waals surface area contributed by atoms with Gasteiger partial charge >= 0.3 is 0 Å². The lowest BCUT2D eigenvalue weighted by molar-refractivity contribution is -0.138. The normalized spacial score (nSPS) is 17.8. The van der Waals surface area contributed by atoms with Crippen LogP contribution in [0, 0.1) is 11.8 Å². The Hall–Kier alpha value is -5.76. The molecule has 2 aliphatic rings. The summed E-state index contributed by atoms with van der Waals surface area (Å²) in [5.41, 5.74) is 4.54. The average Bonchev–Trinajstić information content (AvgIpc) is 3.88. The van der Waals surface area contributed by atoms with Crippen molar-refractivity contribution in [2.24, 2.45) is 0 Å². The number of anilines is 2. The first-order chi connectivity index (χ1) is 25.4. The Labute approximate surface area is 305 Å². The van der Waals surface area contributed by atoms with Crippen molar-refractivity contribution in [2.45, 2.75) is 49.9 Å². The molecule has 4 aromatic carbocycles. The standard InChI is InChI=1S/C42H44N6O4/c1-43-37(31-11-5-3-6-12-31)41(51)47-27-9-15-35(47)39(49)45-33-23-19-29(20-24-33)17-18-30-21-25-34(26-22-30)46-40(50)36-16-10-28-48(36)42(52)38(44-2)32-13-7-4-8-14-32/h3-8,11-14,19-26,35-38,43-44H,9-10,15-16,27-28H2,1-2H3,(H,45,49)(H,46,50)/t35-,36-,37?,38?/m0/s1. The summed E-state index contributed by atoms with van der Waals surface area (Å²) in [7, 11) is 3.51. The molecular formula is C42H44N6O4. The van der Waals surface area contributed by atoms with Crippen molar-refractivity contribution >= 4 is 35.0 Å². The van der Waals surface area contributed by atoms with Crippen LogP contribution in [0.2, 0.25) is 0 Å². The number of nitrogens with one attached hydrogen (secondary N) is 4. The summed E-state index contributed by atoms with van der Waals surface area (Å²) < 4.78 is 0. The van der Waals surface area contributed by atoms with Gasteiger partial charge in [0, 0.05) is 35.6 Å². The molecule has 0 aliphatic carbocycles. The number of carbonyl (C=O) groups excluding carboxylic acids is 4. The van der Waals surface area contributed by atoms with Gasteiger partial charge in [-0.05, 0) is 99.4 Å². The molecular weight excluding hydrogens is 652 g/mol. The lowest BCUT2D eigenvalue weighted by atomic mass is 10.1. The van der Waals surface area contributed by atoms with Crippen molar-refractivity contribution in [3.63, 3.8) is 0 Å². The van der Waals surface area contributed by atoms with Crippen LogP contribution in [0.25, 0.3) is 0 Å². The minimum Gasteiger partial charge on any atom is -0.329 e. The van der Waals surface area contributed by atoms with E-state index in [4.69, 9.17) is 0 Å². The number of rotatable bonds is 10. The average molecular weight is 697 g/mol. The monoisotopic (exact) mass is 696 g/mol. The number of amides is 4. The minimum atomic E-state index is -0.538. The molecule has 2 saturated heterocycles. The van der Waals surface area contributed by atoms with Gasteiger partial charge in [0.2, 0.25) is 23.6 Å². The molecule has 2 unspecified atom stereocenters. The van der Waals surface area contributed by atoms with Gasteiger partial charge in [0.05, 0.1) is 0 Å². The predicted molar refractivity (Wildman–Crippen MR) is 202 cm³/mol. The fourth-order valence-electron chi connectivity index (χ4n) is 6.96. The van der Waals surface area contributed by atoms with E-state index in [-0.39, 0.29) is 23.6 Å². The zero-order valence-electron chi connectivity index (χ0n) is 29.5. The molecule has 0 radical (unpaired) electrons. The number of hydrogen-bond acceptors (Lipinski definition) is 6. The maximum atomic E-state index is 13.4. The van der Waals surface area contributed by atoms with Crippen molar-refractivity contribution in [2.75, 3.05) is 37.8 Å². The molecule has 0 aromatic heterocycles. The Morgan fingerprint density at radius 2 is 0.923 bits per heavy atom. The van der Waals surface area contributed by atoms with Crippen molar-refractivity contribution in [1.82, 2.24) is 20.4 Å². The van der Waals surface area contributed by atoms with E-state index >= 15 is 0 Å². The fourth-order valence-corrected chi connectivity index (χ4v) is 6.96.